The van der Waals surface area contributed by atoms with Crippen LogP contribution in [0.2, 0.25) is 0 Å². The van der Waals surface area contributed by atoms with E-state index in [1.165, 1.54) is 0 Å². The van der Waals surface area contributed by atoms with Gasteiger partial charge in [0.15, 0.2) is 0 Å². The fourth-order valence-electron chi connectivity index (χ4n) is 1.76. The lowest BCUT2D eigenvalue weighted by molar-refractivity contribution is -0.136. The molecule has 4 nitrogen and oxygen atoms in total. The summed E-state index contributed by atoms with van der Waals surface area (Å²) in [7, 11) is 1.80. The highest BCUT2D eigenvalue weighted by Gasteiger charge is 2.29. The first-order valence-electron chi connectivity index (χ1n) is 5.38. The number of ether oxygens (including phenoxy) is 1. The zero-order chi connectivity index (χ0) is 11.5. The highest BCUT2D eigenvalue weighted by atomic mass is 16.5. The Morgan fingerprint density at radius 2 is 2.12 bits per heavy atom. The number of likely N-dealkylation sites (N-methyl/N-ethyl adjacent to an activating group) is 1. The SMILES string of the molecule is CN1CCC(OCc2ccc(N)cc2)C1=O. The Hall–Kier alpha value is -1.55. The van der Waals surface area contributed by atoms with E-state index in [-0.39, 0.29) is 12.0 Å². The molecule has 1 amide bonds. The summed E-state index contributed by atoms with van der Waals surface area (Å²) in [5, 5.41) is 0. The van der Waals surface area contributed by atoms with Crippen molar-refractivity contribution in [2.75, 3.05) is 19.3 Å². The zero-order valence-electron chi connectivity index (χ0n) is 9.35. The first kappa shape index (κ1) is 11.0. The lowest BCUT2D eigenvalue weighted by atomic mass is 10.2. The number of carbonyl (C=O) groups is 1. The van der Waals surface area contributed by atoms with Crippen molar-refractivity contribution < 1.29 is 9.53 Å². The second-order valence-electron chi connectivity index (χ2n) is 4.09. The number of amides is 1. The fourth-order valence-corrected chi connectivity index (χ4v) is 1.76. The van der Waals surface area contributed by atoms with Gasteiger partial charge in [-0.15, -0.1) is 0 Å². The highest BCUT2D eigenvalue weighted by Crippen LogP contribution is 2.15. The Morgan fingerprint density at radius 3 is 2.69 bits per heavy atom. The van der Waals surface area contributed by atoms with E-state index >= 15 is 0 Å². The summed E-state index contributed by atoms with van der Waals surface area (Å²) < 4.78 is 5.58. The Kier molecular flexibility index (Phi) is 3.10. The minimum Gasteiger partial charge on any atom is -0.399 e. The van der Waals surface area contributed by atoms with Crippen molar-refractivity contribution in [2.45, 2.75) is 19.1 Å². The van der Waals surface area contributed by atoms with Gasteiger partial charge in [0.25, 0.3) is 5.91 Å². The summed E-state index contributed by atoms with van der Waals surface area (Å²) in [4.78, 5) is 13.3. The van der Waals surface area contributed by atoms with E-state index in [1.807, 2.05) is 24.3 Å². The molecule has 4 heteroatoms. The lowest BCUT2D eigenvalue weighted by Gasteiger charge is -2.11. The van der Waals surface area contributed by atoms with E-state index in [0.29, 0.717) is 6.61 Å². The van der Waals surface area contributed by atoms with Crippen LogP contribution in [0.4, 0.5) is 5.69 Å². The molecule has 0 saturated carbocycles. The van der Waals surface area contributed by atoms with E-state index in [1.54, 1.807) is 11.9 Å². The molecule has 1 atom stereocenters. The fraction of sp³-hybridized carbons (Fsp3) is 0.417. The van der Waals surface area contributed by atoms with Gasteiger partial charge in [0.1, 0.15) is 6.10 Å². The third kappa shape index (κ3) is 2.33. The second kappa shape index (κ2) is 4.53. The molecule has 0 bridgehead atoms. The molecule has 2 rings (SSSR count). The van der Waals surface area contributed by atoms with E-state index in [9.17, 15) is 4.79 Å². The Bertz CT molecular complexity index is 375. The number of nitrogens with two attached hydrogens (primary N) is 1. The van der Waals surface area contributed by atoms with Gasteiger partial charge < -0.3 is 15.4 Å². The smallest absolute Gasteiger partial charge is 0.251 e. The van der Waals surface area contributed by atoms with Gasteiger partial charge in [-0.25, -0.2) is 0 Å². The van der Waals surface area contributed by atoms with E-state index in [2.05, 4.69) is 0 Å². The average Bonchev–Trinajstić information content (AvgIpc) is 2.60. The number of hydrogen-bond donors (Lipinski definition) is 1. The molecule has 1 unspecified atom stereocenters. The highest BCUT2D eigenvalue weighted by molar-refractivity contribution is 5.82. The Morgan fingerprint density at radius 1 is 1.44 bits per heavy atom. The average molecular weight is 220 g/mol. The monoisotopic (exact) mass is 220 g/mol. The number of carbonyl (C=O) groups excluding carboxylic acids is 1. The van der Waals surface area contributed by atoms with Gasteiger partial charge in [0.05, 0.1) is 6.61 Å². The number of likely N-dealkylation sites (tertiary alicyclic amines) is 1. The molecule has 0 aromatic heterocycles. The summed E-state index contributed by atoms with van der Waals surface area (Å²) in [5.41, 5.74) is 7.36. The summed E-state index contributed by atoms with van der Waals surface area (Å²) in [6, 6.07) is 7.50. The molecule has 1 aromatic rings. The van der Waals surface area contributed by atoms with Crippen molar-refractivity contribution in [1.29, 1.82) is 0 Å². The maximum Gasteiger partial charge on any atom is 0.251 e. The van der Waals surface area contributed by atoms with Crippen LogP contribution >= 0.6 is 0 Å². The Labute approximate surface area is 95.0 Å². The van der Waals surface area contributed by atoms with Crippen LogP contribution in [0.5, 0.6) is 0 Å². The van der Waals surface area contributed by atoms with Crippen LogP contribution in [0.3, 0.4) is 0 Å². The summed E-state index contributed by atoms with van der Waals surface area (Å²) in [6.45, 7) is 1.25. The topological polar surface area (TPSA) is 55.6 Å². The van der Waals surface area contributed by atoms with E-state index in [4.69, 9.17) is 10.5 Å². The van der Waals surface area contributed by atoms with Gasteiger partial charge >= 0.3 is 0 Å². The molecule has 1 saturated heterocycles. The largest absolute Gasteiger partial charge is 0.399 e. The van der Waals surface area contributed by atoms with Gasteiger partial charge in [0.2, 0.25) is 0 Å². The molecule has 2 N–H and O–H groups in total. The van der Waals surface area contributed by atoms with Crippen molar-refractivity contribution in [1.82, 2.24) is 4.90 Å². The summed E-state index contributed by atoms with van der Waals surface area (Å²) in [6.07, 6.45) is 0.507. The van der Waals surface area contributed by atoms with Crippen LogP contribution < -0.4 is 5.73 Å². The van der Waals surface area contributed by atoms with Gasteiger partial charge in [0, 0.05) is 25.7 Å². The van der Waals surface area contributed by atoms with Crippen molar-refractivity contribution in [3.05, 3.63) is 29.8 Å². The van der Waals surface area contributed by atoms with E-state index in [0.717, 1.165) is 24.2 Å². The minimum atomic E-state index is -0.275. The second-order valence-corrected chi connectivity index (χ2v) is 4.09. The number of anilines is 1. The number of nitrogen functional groups attached to an aromatic ring is 1. The predicted octanol–water partition coefficient (Wildman–Crippen LogP) is 1.02. The molecule has 1 aliphatic heterocycles. The number of rotatable bonds is 3. The molecule has 0 radical (unpaired) electrons. The van der Waals surface area contributed by atoms with Crippen LogP contribution in [0, 0.1) is 0 Å². The summed E-state index contributed by atoms with van der Waals surface area (Å²) >= 11 is 0. The lowest BCUT2D eigenvalue weighted by Crippen LogP contribution is -2.27. The van der Waals surface area contributed by atoms with Crippen molar-refractivity contribution in [2.24, 2.45) is 0 Å². The third-order valence-corrected chi connectivity index (χ3v) is 2.81. The van der Waals surface area contributed by atoms with Crippen molar-refractivity contribution >= 4 is 11.6 Å². The molecular weight excluding hydrogens is 204 g/mol. The van der Waals surface area contributed by atoms with Gasteiger partial charge in [-0.2, -0.15) is 0 Å². The molecule has 0 aliphatic carbocycles. The molecule has 86 valence electrons. The normalized spacial score (nSPS) is 20.4. The molecule has 16 heavy (non-hydrogen) atoms. The summed E-state index contributed by atoms with van der Waals surface area (Å²) in [5.74, 6) is 0.0791. The van der Waals surface area contributed by atoms with Gasteiger partial charge in [-0.05, 0) is 17.7 Å². The third-order valence-electron chi connectivity index (χ3n) is 2.81. The standard InChI is InChI=1S/C12H16N2O2/c1-14-7-6-11(12(14)15)16-8-9-2-4-10(13)5-3-9/h2-5,11H,6-8,13H2,1H3. The molecular formula is C12H16N2O2. The Balaban J connectivity index is 1.88. The van der Waals surface area contributed by atoms with Crippen LogP contribution in [0.15, 0.2) is 24.3 Å². The minimum absolute atomic E-state index is 0.0791. The van der Waals surface area contributed by atoms with Crippen molar-refractivity contribution in [3.63, 3.8) is 0 Å². The molecule has 1 fully saturated rings. The van der Waals surface area contributed by atoms with Gasteiger partial charge in [-0.3, -0.25) is 4.79 Å². The van der Waals surface area contributed by atoms with Crippen LogP contribution in [-0.4, -0.2) is 30.5 Å². The number of benzene rings is 1. The first-order valence-corrected chi connectivity index (χ1v) is 5.38. The maximum atomic E-state index is 11.6. The zero-order valence-corrected chi connectivity index (χ0v) is 9.35. The van der Waals surface area contributed by atoms with E-state index < -0.39 is 0 Å². The molecule has 1 aliphatic rings. The van der Waals surface area contributed by atoms with Crippen LogP contribution in [0.25, 0.3) is 0 Å². The van der Waals surface area contributed by atoms with Crippen molar-refractivity contribution in [3.8, 4) is 0 Å². The molecule has 0 spiro atoms. The van der Waals surface area contributed by atoms with Gasteiger partial charge in [-0.1, -0.05) is 12.1 Å². The van der Waals surface area contributed by atoms with Crippen LogP contribution in [-0.2, 0) is 16.1 Å². The first-order chi connectivity index (χ1) is 7.66. The molecule has 1 aromatic carbocycles. The number of nitrogens with zero attached hydrogens (tertiary/aromatic N) is 1. The maximum absolute atomic E-state index is 11.6. The van der Waals surface area contributed by atoms with Crippen LogP contribution in [0.1, 0.15) is 12.0 Å². The quantitative estimate of drug-likeness (QED) is 0.774. The predicted molar refractivity (Wildman–Crippen MR) is 61.7 cm³/mol. The molecule has 1 heterocycles. The number of hydrogen-bond acceptors (Lipinski definition) is 3.